The summed E-state index contributed by atoms with van der Waals surface area (Å²) in [6, 6.07) is 7.19. The van der Waals surface area contributed by atoms with Gasteiger partial charge in [0, 0.05) is 18.7 Å². The van der Waals surface area contributed by atoms with Crippen molar-refractivity contribution in [2.24, 2.45) is 5.92 Å². The summed E-state index contributed by atoms with van der Waals surface area (Å²) in [4.78, 5) is 12.7. The normalized spacial score (nSPS) is 23.5. The van der Waals surface area contributed by atoms with Gasteiger partial charge in [-0.05, 0) is 30.5 Å². The van der Waals surface area contributed by atoms with Crippen LogP contribution in [0.5, 0.6) is 0 Å². The summed E-state index contributed by atoms with van der Waals surface area (Å²) < 4.78 is 0. The molecule has 1 aromatic rings. The number of aldehydes is 1. The van der Waals surface area contributed by atoms with E-state index in [-0.39, 0.29) is 6.10 Å². The number of carbonyl (C=O) groups excluding carboxylic acids is 1. The van der Waals surface area contributed by atoms with Crippen molar-refractivity contribution in [3.8, 4) is 6.07 Å². The van der Waals surface area contributed by atoms with Crippen LogP contribution in [0, 0.1) is 17.2 Å². The van der Waals surface area contributed by atoms with Crippen molar-refractivity contribution < 1.29 is 9.90 Å². The molecule has 1 aromatic carbocycles. The number of anilines is 1. The van der Waals surface area contributed by atoms with Crippen molar-refractivity contribution in [1.29, 1.82) is 5.26 Å². The molecule has 18 heavy (non-hydrogen) atoms. The van der Waals surface area contributed by atoms with Crippen molar-refractivity contribution in [2.45, 2.75) is 19.4 Å². The minimum atomic E-state index is -0.365. The lowest BCUT2D eigenvalue weighted by molar-refractivity contribution is 0.103. The molecule has 1 aliphatic rings. The van der Waals surface area contributed by atoms with Gasteiger partial charge in [0.1, 0.15) is 12.4 Å². The smallest absolute Gasteiger partial charge is 0.150 e. The minimum Gasteiger partial charge on any atom is -0.391 e. The molecule has 0 saturated carbocycles. The highest BCUT2D eigenvalue weighted by atomic mass is 16.3. The van der Waals surface area contributed by atoms with Gasteiger partial charge in [0.05, 0.1) is 17.4 Å². The summed E-state index contributed by atoms with van der Waals surface area (Å²) in [5, 5.41) is 19.0. The number of rotatable bonds is 2. The Morgan fingerprint density at radius 3 is 2.94 bits per heavy atom. The first-order chi connectivity index (χ1) is 8.65. The Labute approximate surface area is 106 Å². The number of nitrogens with zero attached hydrogens (tertiary/aromatic N) is 2. The molecular formula is C14H16N2O2. The van der Waals surface area contributed by atoms with Crippen LogP contribution in [0.25, 0.3) is 0 Å². The third-order valence-corrected chi connectivity index (χ3v) is 3.54. The lowest BCUT2D eigenvalue weighted by Gasteiger charge is -2.36. The second kappa shape index (κ2) is 5.19. The molecule has 0 aromatic heterocycles. The van der Waals surface area contributed by atoms with Gasteiger partial charge >= 0.3 is 0 Å². The van der Waals surface area contributed by atoms with E-state index in [2.05, 4.69) is 6.07 Å². The third kappa shape index (κ3) is 2.36. The molecule has 1 heterocycles. The lowest BCUT2D eigenvalue weighted by atomic mass is 9.95. The van der Waals surface area contributed by atoms with Gasteiger partial charge in [0.2, 0.25) is 0 Å². The van der Waals surface area contributed by atoms with Crippen LogP contribution in [0.4, 0.5) is 5.69 Å². The van der Waals surface area contributed by atoms with Crippen LogP contribution in [-0.4, -0.2) is 30.6 Å². The largest absolute Gasteiger partial charge is 0.391 e. The second-order valence-corrected chi connectivity index (χ2v) is 4.79. The minimum absolute atomic E-state index is 0.293. The summed E-state index contributed by atoms with van der Waals surface area (Å²) in [5.41, 5.74) is 1.79. The molecular weight excluding hydrogens is 228 g/mol. The maximum absolute atomic E-state index is 10.7. The number of benzene rings is 1. The van der Waals surface area contributed by atoms with E-state index >= 15 is 0 Å². The molecule has 1 saturated heterocycles. The number of carbonyl (C=O) groups is 1. The average Bonchev–Trinajstić information content (AvgIpc) is 2.41. The number of nitriles is 1. The summed E-state index contributed by atoms with van der Waals surface area (Å²) >= 11 is 0. The van der Waals surface area contributed by atoms with Crippen LogP contribution < -0.4 is 4.90 Å². The highest BCUT2D eigenvalue weighted by molar-refractivity contribution is 5.78. The van der Waals surface area contributed by atoms with Crippen molar-refractivity contribution in [2.75, 3.05) is 18.0 Å². The molecule has 0 bridgehead atoms. The maximum Gasteiger partial charge on any atom is 0.150 e. The molecule has 2 atom stereocenters. The third-order valence-electron chi connectivity index (χ3n) is 3.54. The van der Waals surface area contributed by atoms with Crippen LogP contribution in [0.1, 0.15) is 29.3 Å². The number of hydrogen-bond donors (Lipinski definition) is 1. The zero-order chi connectivity index (χ0) is 13.1. The quantitative estimate of drug-likeness (QED) is 0.802. The molecule has 1 aliphatic heterocycles. The molecule has 1 N–H and O–H groups in total. The Balaban J connectivity index is 2.28. The molecule has 0 spiro atoms. The lowest BCUT2D eigenvalue weighted by Crippen LogP contribution is -2.43. The van der Waals surface area contributed by atoms with E-state index in [1.54, 1.807) is 18.2 Å². The Morgan fingerprint density at radius 2 is 2.33 bits per heavy atom. The van der Waals surface area contributed by atoms with Gasteiger partial charge in [-0.3, -0.25) is 4.79 Å². The monoisotopic (exact) mass is 244 g/mol. The van der Waals surface area contributed by atoms with Crippen LogP contribution in [0.3, 0.4) is 0 Å². The van der Waals surface area contributed by atoms with Gasteiger partial charge in [0.15, 0.2) is 0 Å². The van der Waals surface area contributed by atoms with Crippen LogP contribution >= 0.6 is 0 Å². The number of β-amino-alcohol motifs (C(OH)–C–C–N with tert-alkyl or cyclic N) is 1. The second-order valence-electron chi connectivity index (χ2n) is 4.79. The van der Waals surface area contributed by atoms with Crippen LogP contribution in [-0.2, 0) is 0 Å². The topological polar surface area (TPSA) is 64.3 Å². The first kappa shape index (κ1) is 12.6. The van der Waals surface area contributed by atoms with E-state index in [4.69, 9.17) is 5.26 Å². The molecule has 2 rings (SSSR count). The molecule has 1 fully saturated rings. The SMILES string of the molecule is CC1CCN(c2ccc(C=O)cc2C#N)CC1O. The van der Waals surface area contributed by atoms with Gasteiger partial charge in [0.25, 0.3) is 0 Å². The summed E-state index contributed by atoms with van der Waals surface area (Å²) in [7, 11) is 0. The number of hydrogen-bond acceptors (Lipinski definition) is 4. The Morgan fingerprint density at radius 1 is 1.56 bits per heavy atom. The van der Waals surface area contributed by atoms with E-state index in [9.17, 15) is 9.90 Å². The van der Waals surface area contributed by atoms with Gasteiger partial charge < -0.3 is 10.0 Å². The molecule has 0 radical (unpaired) electrons. The van der Waals surface area contributed by atoms with E-state index < -0.39 is 0 Å². The van der Waals surface area contributed by atoms with E-state index in [0.717, 1.165) is 24.9 Å². The molecule has 2 unspecified atom stereocenters. The Hall–Kier alpha value is -1.86. The molecule has 4 heteroatoms. The van der Waals surface area contributed by atoms with Crippen LogP contribution in [0.15, 0.2) is 18.2 Å². The fourth-order valence-electron chi connectivity index (χ4n) is 2.26. The zero-order valence-corrected chi connectivity index (χ0v) is 10.3. The maximum atomic E-state index is 10.7. The summed E-state index contributed by atoms with van der Waals surface area (Å²) in [6.07, 6.45) is 1.27. The highest BCUT2D eigenvalue weighted by Gasteiger charge is 2.25. The van der Waals surface area contributed by atoms with Crippen molar-refractivity contribution in [3.63, 3.8) is 0 Å². The molecule has 0 amide bonds. The van der Waals surface area contributed by atoms with Gasteiger partial charge in [-0.1, -0.05) is 6.92 Å². The fraction of sp³-hybridized carbons (Fsp3) is 0.429. The number of aliphatic hydroxyl groups excluding tert-OH is 1. The van der Waals surface area contributed by atoms with E-state index in [1.165, 1.54) is 0 Å². The van der Waals surface area contributed by atoms with Crippen molar-refractivity contribution in [1.82, 2.24) is 0 Å². The molecule has 94 valence electrons. The van der Waals surface area contributed by atoms with E-state index in [0.29, 0.717) is 23.6 Å². The summed E-state index contributed by atoms with van der Waals surface area (Å²) in [5.74, 6) is 0.293. The van der Waals surface area contributed by atoms with Crippen molar-refractivity contribution in [3.05, 3.63) is 29.3 Å². The Bertz CT molecular complexity index is 493. The fourth-order valence-corrected chi connectivity index (χ4v) is 2.26. The first-order valence-electron chi connectivity index (χ1n) is 6.08. The zero-order valence-electron chi connectivity index (χ0n) is 10.3. The number of aliphatic hydroxyl groups is 1. The van der Waals surface area contributed by atoms with E-state index in [1.807, 2.05) is 11.8 Å². The standard InChI is InChI=1S/C14H16N2O2/c1-10-4-5-16(8-14(10)18)13-3-2-11(9-17)6-12(13)7-15/h2-3,6,9-10,14,18H,4-5,8H2,1H3. The van der Waals surface area contributed by atoms with Crippen molar-refractivity contribution >= 4 is 12.0 Å². The molecule has 4 nitrogen and oxygen atoms in total. The highest BCUT2D eigenvalue weighted by Crippen LogP contribution is 2.26. The van der Waals surface area contributed by atoms with Gasteiger partial charge in [-0.2, -0.15) is 5.26 Å². The van der Waals surface area contributed by atoms with Crippen LogP contribution in [0.2, 0.25) is 0 Å². The predicted molar refractivity (Wildman–Crippen MR) is 68.5 cm³/mol. The summed E-state index contributed by atoms with van der Waals surface area (Å²) in [6.45, 7) is 3.40. The van der Waals surface area contributed by atoms with Gasteiger partial charge in [-0.25, -0.2) is 0 Å². The predicted octanol–water partition coefficient (Wildman–Crippen LogP) is 1.58. The number of piperidine rings is 1. The Kier molecular flexibility index (Phi) is 3.63. The molecule has 0 aliphatic carbocycles. The van der Waals surface area contributed by atoms with Gasteiger partial charge in [-0.15, -0.1) is 0 Å². The average molecular weight is 244 g/mol. The first-order valence-corrected chi connectivity index (χ1v) is 6.08.